The molecule has 1 aliphatic carbocycles. The first kappa shape index (κ1) is 32.8. The van der Waals surface area contributed by atoms with Gasteiger partial charge in [0.25, 0.3) is 0 Å². The van der Waals surface area contributed by atoms with Crippen molar-refractivity contribution in [3.8, 4) is 50.7 Å². The van der Waals surface area contributed by atoms with E-state index in [0.717, 1.165) is 39.1 Å². The molecule has 12 rings (SSSR count). The smallest absolute Gasteiger partial charge is 0.235 e. The molecule has 0 N–H and O–H groups in total. The lowest BCUT2D eigenvalue weighted by atomic mass is 9.81. The second kappa shape index (κ2) is 12.3. The monoisotopic (exact) mass is 739 g/mol. The van der Waals surface area contributed by atoms with E-state index < -0.39 is 0 Å². The van der Waals surface area contributed by atoms with E-state index in [4.69, 9.17) is 9.97 Å². The summed E-state index contributed by atoms with van der Waals surface area (Å²) in [6.45, 7) is 4.74. The summed E-state index contributed by atoms with van der Waals surface area (Å²) in [6, 6.07) is 68.3. The molecule has 9 aromatic carbocycles. The van der Waals surface area contributed by atoms with Crippen LogP contribution >= 0.6 is 0 Å². The summed E-state index contributed by atoms with van der Waals surface area (Å²) < 4.78 is 2.32. The van der Waals surface area contributed by atoms with Crippen molar-refractivity contribution in [2.24, 2.45) is 0 Å². The molecule has 0 saturated heterocycles. The molecule has 0 fully saturated rings. The van der Waals surface area contributed by atoms with Crippen molar-refractivity contribution in [1.29, 1.82) is 0 Å². The van der Waals surface area contributed by atoms with E-state index in [-0.39, 0.29) is 5.41 Å². The number of rotatable bonds is 4. The van der Waals surface area contributed by atoms with Crippen LogP contribution in [0.1, 0.15) is 25.0 Å². The summed E-state index contributed by atoms with van der Waals surface area (Å²) in [5, 5.41) is 9.71. The molecular formula is C55H37N3. The first-order valence-corrected chi connectivity index (χ1v) is 20.1. The zero-order valence-electron chi connectivity index (χ0n) is 32.2. The van der Waals surface area contributed by atoms with Crippen molar-refractivity contribution in [2.75, 3.05) is 0 Å². The first-order valence-electron chi connectivity index (χ1n) is 20.1. The Kier molecular flexibility index (Phi) is 6.98. The van der Waals surface area contributed by atoms with E-state index in [9.17, 15) is 0 Å². The van der Waals surface area contributed by atoms with Crippen LogP contribution in [-0.2, 0) is 5.41 Å². The summed E-state index contributed by atoms with van der Waals surface area (Å²) in [4.78, 5) is 10.9. The Bertz CT molecular complexity index is 3480. The lowest BCUT2D eigenvalue weighted by Crippen LogP contribution is -2.15. The first-order chi connectivity index (χ1) is 28.5. The summed E-state index contributed by atoms with van der Waals surface area (Å²) in [5.74, 6) is 0.646. The van der Waals surface area contributed by atoms with Crippen molar-refractivity contribution in [3.05, 3.63) is 199 Å². The summed E-state index contributed by atoms with van der Waals surface area (Å²) in [6.07, 6.45) is 0. The van der Waals surface area contributed by atoms with Crippen LogP contribution in [0.25, 0.3) is 105 Å². The minimum atomic E-state index is -0.162. The molecule has 11 aromatic rings. The van der Waals surface area contributed by atoms with Crippen LogP contribution in [0.15, 0.2) is 188 Å². The number of benzene rings is 9. The Morgan fingerprint density at radius 3 is 1.84 bits per heavy atom. The fraction of sp³-hybridized carbons (Fsp3) is 0.0545. The number of nitrogens with zero attached hydrogens (tertiary/aromatic N) is 3. The molecule has 0 aliphatic heterocycles. The van der Waals surface area contributed by atoms with Gasteiger partial charge in [0.15, 0.2) is 0 Å². The van der Waals surface area contributed by atoms with Gasteiger partial charge in [-0.1, -0.05) is 172 Å². The quantitative estimate of drug-likeness (QED) is 0.180. The molecule has 0 radical (unpaired) electrons. The molecule has 2 heterocycles. The molecule has 3 nitrogen and oxygen atoms in total. The van der Waals surface area contributed by atoms with Gasteiger partial charge in [0.2, 0.25) is 5.95 Å². The van der Waals surface area contributed by atoms with Crippen molar-refractivity contribution in [3.63, 3.8) is 0 Å². The van der Waals surface area contributed by atoms with Crippen molar-refractivity contribution in [2.45, 2.75) is 19.3 Å². The second-order valence-electron chi connectivity index (χ2n) is 16.2. The summed E-state index contributed by atoms with van der Waals surface area (Å²) >= 11 is 0. The maximum absolute atomic E-state index is 5.48. The predicted octanol–water partition coefficient (Wildman–Crippen LogP) is 14.3. The van der Waals surface area contributed by atoms with Gasteiger partial charge in [0.05, 0.1) is 22.4 Å². The van der Waals surface area contributed by atoms with Crippen LogP contribution < -0.4 is 0 Å². The Labute approximate surface area is 336 Å². The minimum absolute atomic E-state index is 0.162. The summed E-state index contributed by atoms with van der Waals surface area (Å²) in [7, 11) is 0. The lowest BCUT2D eigenvalue weighted by molar-refractivity contribution is 0.661. The average molecular weight is 740 g/mol. The molecule has 272 valence electrons. The van der Waals surface area contributed by atoms with E-state index in [2.05, 4.69) is 206 Å². The van der Waals surface area contributed by atoms with Crippen LogP contribution in [0, 0.1) is 0 Å². The Balaban J connectivity index is 1.15. The molecule has 58 heavy (non-hydrogen) atoms. The van der Waals surface area contributed by atoms with Gasteiger partial charge in [0.1, 0.15) is 0 Å². The zero-order valence-corrected chi connectivity index (χ0v) is 32.2. The number of aromatic nitrogens is 3. The van der Waals surface area contributed by atoms with Gasteiger partial charge in [0, 0.05) is 32.9 Å². The van der Waals surface area contributed by atoms with Crippen LogP contribution in [0.4, 0.5) is 0 Å². The maximum Gasteiger partial charge on any atom is 0.235 e. The van der Waals surface area contributed by atoms with Crippen LogP contribution in [0.3, 0.4) is 0 Å². The number of hydrogen-bond acceptors (Lipinski definition) is 2. The average Bonchev–Trinajstić information content (AvgIpc) is 3.72. The van der Waals surface area contributed by atoms with E-state index >= 15 is 0 Å². The highest BCUT2D eigenvalue weighted by atomic mass is 15.2. The van der Waals surface area contributed by atoms with Crippen LogP contribution in [0.5, 0.6) is 0 Å². The Morgan fingerprint density at radius 2 is 1.03 bits per heavy atom. The van der Waals surface area contributed by atoms with Gasteiger partial charge in [-0.15, -0.1) is 0 Å². The van der Waals surface area contributed by atoms with Gasteiger partial charge < -0.3 is 0 Å². The van der Waals surface area contributed by atoms with Gasteiger partial charge in [-0.05, 0) is 90.5 Å². The number of hydrogen-bond donors (Lipinski definition) is 0. The van der Waals surface area contributed by atoms with Gasteiger partial charge >= 0.3 is 0 Å². The van der Waals surface area contributed by atoms with Crippen LogP contribution in [0.2, 0.25) is 0 Å². The highest BCUT2D eigenvalue weighted by Gasteiger charge is 2.37. The second-order valence-corrected chi connectivity index (χ2v) is 16.2. The molecule has 0 saturated carbocycles. The van der Waals surface area contributed by atoms with Gasteiger partial charge in [-0.3, -0.25) is 4.57 Å². The molecule has 0 spiro atoms. The number of para-hydroxylation sites is 1. The minimum Gasteiger partial charge on any atom is -0.277 e. The molecular weight excluding hydrogens is 703 g/mol. The Hall–Kier alpha value is -7.36. The van der Waals surface area contributed by atoms with E-state index in [1.165, 1.54) is 70.9 Å². The topological polar surface area (TPSA) is 30.7 Å². The third kappa shape index (κ3) is 4.86. The summed E-state index contributed by atoms with van der Waals surface area (Å²) in [5.41, 5.74) is 13.6. The molecule has 0 amide bonds. The maximum atomic E-state index is 5.48. The highest BCUT2D eigenvalue weighted by molar-refractivity contribution is 6.17. The van der Waals surface area contributed by atoms with E-state index in [0.29, 0.717) is 5.95 Å². The molecule has 0 unspecified atom stereocenters. The third-order valence-electron chi connectivity index (χ3n) is 12.6. The van der Waals surface area contributed by atoms with Crippen molar-refractivity contribution < 1.29 is 0 Å². The third-order valence-corrected chi connectivity index (χ3v) is 12.6. The standard InChI is InChI=1S/C55H37N3/c1-55(2)47-28-26-35-14-10-11-20-42(35)52(47)45-27-25-40(31-48(45)55)43-21-12-22-44-46-30-38-18-8-9-19-39(38)32-51(46)58(53(43)44)54-56-49(36-15-4-3-5-16-36)33-50(57-54)41-24-23-34-13-6-7-17-37(34)29-41/h3-33H,1-2H3. The van der Waals surface area contributed by atoms with E-state index in [1.54, 1.807) is 0 Å². The van der Waals surface area contributed by atoms with Crippen molar-refractivity contribution in [1.82, 2.24) is 14.5 Å². The molecule has 0 atom stereocenters. The van der Waals surface area contributed by atoms with Crippen molar-refractivity contribution >= 4 is 54.1 Å². The fourth-order valence-electron chi connectivity index (χ4n) is 9.65. The largest absolute Gasteiger partial charge is 0.277 e. The van der Waals surface area contributed by atoms with E-state index in [1.807, 2.05) is 0 Å². The normalized spacial score (nSPS) is 13.1. The SMILES string of the molecule is CC1(C)c2cc(-c3cccc4c5cc6ccccc6cc5n(-c5nc(-c6ccccc6)cc(-c6ccc7ccccc7c6)n5)c34)ccc2-c2c1ccc1ccccc21. The highest BCUT2D eigenvalue weighted by Crippen LogP contribution is 2.52. The number of fused-ring (bicyclic) bond motifs is 10. The fourth-order valence-corrected chi connectivity index (χ4v) is 9.65. The molecule has 0 bridgehead atoms. The molecule has 2 aromatic heterocycles. The predicted molar refractivity (Wildman–Crippen MR) is 243 cm³/mol. The molecule has 1 aliphatic rings. The molecule has 3 heteroatoms. The Morgan fingerprint density at radius 1 is 0.397 bits per heavy atom. The van der Waals surface area contributed by atoms with Gasteiger partial charge in [-0.2, -0.15) is 0 Å². The lowest BCUT2D eigenvalue weighted by Gasteiger charge is -2.22. The van der Waals surface area contributed by atoms with Crippen LogP contribution in [-0.4, -0.2) is 14.5 Å². The zero-order chi connectivity index (χ0) is 38.5. The van der Waals surface area contributed by atoms with Gasteiger partial charge in [-0.25, -0.2) is 9.97 Å².